The summed E-state index contributed by atoms with van der Waals surface area (Å²) in [6, 6.07) is 5.78. The van der Waals surface area contributed by atoms with Crippen LogP contribution in [0.1, 0.15) is 32.3 Å². The Hall–Kier alpha value is -1.13. The van der Waals surface area contributed by atoms with Gasteiger partial charge in [-0.2, -0.15) is 0 Å². The molecule has 1 saturated heterocycles. The Bertz CT molecular complexity index is 450. The minimum absolute atomic E-state index is 0.145. The van der Waals surface area contributed by atoms with E-state index in [2.05, 4.69) is 36.0 Å². The van der Waals surface area contributed by atoms with Crippen LogP contribution >= 0.6 is 0 Å². The molecule has 1 aliphatic heterocycles. The molecule has 1 fully saturated rings. The molecule has 4 heteroatoms. The normalized spacial score (nSPS) is 20.0. The lowest BCUT2D eigenvalue weighted by atomic mass is 10.1. The van der Waals surface area contributed by atoms with E-state index < -0.39 is 0 Å². The molecule has 1 heterocycles. The molecule has 0 aliphatic carbocycles. The lowest BCUT2D eigenvalue weighted by Gasteiger charge is -2.41. The maximum absolute atomic E-state index is 13.6. The molecule has 0 amide bonds. The SMILES string of the molecule is CCCNCc1cc(F)ccc1N1CCN(C)C(CC)C1. The van der Waals surface area contributed by atoms with E-state index in [0.717, 1.165) is 51.1 Å². The van der Waals surface area contributed by atoms with E-state index in [1.54, 1.807) is 12.1 Å². The molecule has 1 unspecified atom stereocenters. The summed E-state index contributed by atoms with van der Waals surface area (Å²) in [5.41, 5.74) is 2.26. The minimum Gasteiger partial charge on any atom is -0.368 e. The zero-order valence-electron chi connectivity index (χ0n) is 13.5. The molecule has 3 nitrogen and oxygen atoms in total. The van der Waals surface area contributed by atoms with Crippen molar-refractivity contribution in [1.29, 1.82) is 0 Å². The van der Waals surface area contributed by atoms with Gasteiger partial charge >= 0.3 is 0 Å². The Morgan fingerprint density at radius 1 is 1.29 bits per heavy atom. The molecule has 1 aliphatic rings. The Morgan fingerprint density at radius 3 is 2.81 bits per heavy atom. The zero-order chi connectivity index (χ0) is 15.2. The van der Waals surface area contributed by atoms with Crippen molar-refractivity contribution >= 4 is 5.69 Å². The molecule has 0 bridgehead atoms. The van der Waals surface area contributed by atoms with E-state index in [1.807, 2.05) is 6.07 Å². The highest BCUT2D eigenvalue weighted by molar-refractivity contribution is 5.54. The molecule has 0 radical (unpaired) electrons. The number of nitrogens with zero attached hydrogens (tertiary/aromatic N) is 2. The zero-order valence-corrected chi connectivity index (χ0v) is 13.5. The molecule has 0 saturated carbocycles. The van der Waals surface area contributed by atoms with Crippen molar-refractivity contribution in [2.75, 3.05) is 38.1 Å². The molecular weight excluding hydrogens is 265 g/mol. The fraction of sp³-hybridized carbons (Fsp3) is 0.647. The summed E-state index contributed by atoms with van der Waals surface area (Å²) < 4.78 is 13.6. The van der Waals surface area contributed by atoms with Crippen LogP contribution in [0.25, 0.3) is 0 Å². The summed E-state index contributed by atoms with van der Waals surface area (Å²) in [6.07, 6.45) is 2.24. The second-order valence-electron chi connectivity index (χ2n) is 5.94. The maximum atomic E-state index is 13.6. The molecule has 0 spiro atoms. The molecular formula is C17H28FN3. The number of nitrogens with one attached hydrogen (secondary N) is 1. The van der Waals surface area contributed by atoms with Gasteiger partial charge in [0.1, 0.15) is 5.82 Å². The van der Waals surface area contributed by atoms with Crippen molar-refractivity contribution in [3.8, 4) is 0 Å². The van der Waals surface area contributed by atoms with Crippen LogP contribution in [0.4, 0.5) is 10.1 Å². The Kier molecular flexibility index (Phi) is 6.00. The number of halogens is 1. The Labute approximate surface area is 128 Å². The van der Waals surface area contributed by atoms with Gasteiger partial charge in [-0.1, -0.05) is 13.8 Å². The monoisotopic (exact) mass is 293 g/mol. The summed E-state index contributed by atoms with van der Waals surface area (Å²) in [5, 5.41) is 3.39. The molecule has 2 rings (SSSR count). The summed E-state index contributed by atoms with van der Waals surface area (Å²) in [4.78, 5) is 4.84. The number of benzene rings is 1. The highest BCUT2D eigenvalue weighted by Gasteiger charge is 2.24. The van der Waals surface area contributed by atoms with E-state index in [1.165, 1.54) is 5.69 Å². The van der Waals surface area contributed by atoms with Crippen LogP contribution < -0.4 is 10.2 Å². The third-order valence-electron chi connectivity index (χ3n) is 4.37. The first-order valence-electron chi connectivity index (χ1n) is 8.10. The van der Waals surface area contributed by atoms with Gasteiger partial charge in [0.25, 0.3) is 0 Å². The van der Waals surface area contributed by atoms with Crippen LogP contribution in [0.2, 0.25) is 0 Å². The molecule has 118 valence electrons. The van der Waals surface area contributed by atoms with Crippen LogP contribution in [-0.2, 0) is 6.54 Å². The van der Waals surface area contributed by atoms with Crippen molar-refractivity contribution in [3.63, 3.8) is 0 Å². The molecule has 0 aromatic heterocycles. The Morgan fingerprint density at radius 2 is 2.10 bits per heavy atom. The lowest BCUT2D eigenvalue weighted by molar-refractivity contribution is 0.213. The smallest absolute Gasteiger partial charge is 0.123 e. The topological polar surface area (TPSA) is 18.5 Å². The van der Waals surface area contributed by atoms with Gasteiger partial charge in [0, 0.05) is 37.9 Å². The Balaban J connectivity index is 2.14. The van der Waals surface area contributed by atoms with Gasteiger partial charge in [0.2, 0.25) is 0 Å². The summed E-state index contributed by atoms with van der Waals surface area (Å²) >= 11 is 0. The maximum Gasteiger partial charge on any atom is 0.123 e. The van der Waals surface area contributed by atoms with Crippen LogP contribution in [0.5, 0.6) is 0 Å². The van der Waals surface area contributed by atoms with Crippen molar-refractivity contribution < 1.29 is 4.39 Å². The van der Waals surface area contributed by atoms with Gasteiger partial charge in [-0.15, -0.1) is 0 Å². The highest BCUT2D eigenvalue weighted by atomic mass is 19.1. The van der Waals surface area contributed by atoms with Crippen molar-refractivity contribution in [3.05, 3.63) is 29.6 Å². The summed E-state index contributed by atoms with van der Waals surface area (Å²) in [5.74, 6) is -0.145. The van der Waals surface area contributed by atoms with Gasteiger partial charge in [-0.3, -0.25) is 4.90 Å². The second kappa shape index (κ2) is 7.76. The molecule has 1 atom stereocenters. The third-order valence-corrected chi connectivity index (χ3v) is 4.37. The predicted octanol–water partition coefficient (Wildman–Crippen LogP) is 2.86. The minimum atomic E-state index is -0.145. The molecule has 1 aromatic carbocycles. The lowest BCUT2D eigenvalue weighted by Crippen LogP contribution is -2.51. The van der Waals surface area contributed by atoms with Crippen molar-refractivity contribution in [2.45, 2.75) is 39.3 Å². The van der Waals surface area contributed by atoms with Gasteiger partial charge in [0.05, 0.1) is 0 Å². The van der Waals surface area contributed by atoms with Gasteiger partial charge in [-0.25, -0.2) is 4.39 Å². The highest BCUT2D eigenvalue weighted by Crippen LogP contribution is 2.25. The van der Waals surface area contributed by atoms with Gasteiger partial charge < -0.3 is 10.2 Å². The van der Waals surface area contributed by atoms with E-state index >= 15 is 0 Å². The van der Waals surface area contributed by atoms with E-state index in [9.17, 15) is 4.39 Å². The molecule has 1 N–H and O–H groups in total. The number of likely N-dealkylation sites (N-methyl/N-ethyl adjacent to an activating group) is 1. The standard InChI is InChI=1S/C17H28FN3/c1-4-8-19-12-14-11-15(18)6-7-17(14)21-10-9-20(3)16(5-2)13-21/h6-7,11,16,19H,4-5,8-10,12-13H2,1-3H3. The number of hydrogen-bond acceptors (Lipinski definition) is 3. The van der Waals surface area contributed by atoms with Gasteiger partial charge in [0.15, 0.2) is 0 Å². The van der Waals surface area contributed by atoms with E-state index in [0.29, 0.717) is 6.04 Å². The predicted molar refractivity (Wildman–Crippen MR) is 87.3 cm³/mol. The van der Waals surface area contributed by atoms with Crippen LogP contribution in [-0.4, -0.2) is 44.2 Å². The van der Waals surface area contributed by atoms with Crippen LogP contribution in [0.3, 0.4) is 0 Å². The third kappa shape index (κ3) is 4.17. The fourth-order valence-corrected chi connectivity index (χ4v) is 3.01. The first kappa shape index (κ1) is 16.2. The second-order valence-corrected chi connectivity index (χ2v) is 5.94. The number of hydrogen-bond donors (Lipinski definition) is 1. The van der Waals surface area contributed by atoms with E-state index in [-0.39, 0.29) is 5.82 Å². The first-order chi connectivity index (χ1) is 10.2. The molecule has 1 aromatic rings. The summed E-state index contributed by atoms with van der Waals surface area (Å²) in [7, 11) is 2.19. The van der Waals surface area contributed by atoms with Crippen molar-refractivity contribution in [2.24, 2.45) is 0 Å². The largest absolute Gasteiger partial charge is 0.368 e. The van der Waals surface area contributed by atoms with Gasteiger partial charge in [-0.05, 0) is 50.2 Å². The quantitative estimate of drug-likeness (QED) is 0.814. The van der Waals surface area contributed by atoms with E-state index in [4.69, 9.17) is 0 Å². The fourth-order valence-electron chi connectivity index (χ4n) is 3.01. The average Bonchev–Trinajstić information content (AvgIpc) is 2.48. The van der Waals surface area contributed by atoms with Crippen molar-refractivity contribution in [1.82, 2.24) is 10.2 Å². The first-order valence-corrected chi connectivity index (χ1v) is 8.10. The molecule has 21 heavy (non-hydrogen) atoms. The van der Waals surface area contributed by atoms with Crippen LogP contribution in [0, 0.1) is 5.82 Å². The average molecular weight is 293 g/mol. The number of piperazine rings is 1. The number of anilines is 1. The van der Waals surface area contributed by atoms with Crippen LogP contribution in [0.15, 0.2) is 18.2 Å². The number of rotatable bonds is 6. The summed E-state index contributed by atoms with van der Waals surface area (Å²) in [6.45, 7) is 9.20.